The maximum absolute atomic E-state index is 4.32. The van der Waals surface area contributed by atoms with Crippen LogP contribution >= 0.6 is 0 Å². The minimum absolute atomic E-state index is 0.572. The Labute approximate surface area is 109 Å². The fraction of sp³-hybridized carbons (Fsp3) is 0.533. The molecule has 1 atom stereocenters. The molecule has 0 saturated carbocycles. The molecule has 0 aliphatic rings. The lowest BCUT2D eigenvalue weighted by Crippen LogP contribution is -2.20. The van der Waals surface area contributed by atoms with Gasteiger partial charge in [-0.05, 0) is 25.0 Å². The summed E-state index contributed by atoms with van der Waals surface area (Å²) in [5, 5.41) is 3.67. The molecule has 0 saturated heterocycles. The molecule has 2 aromatic rings. The second-order valence-electron chi connectivity index (χ2n) is 4.84. The highest BCUT2D eigenvalue weighted by molar-refractivity contribution is 5.50. The maximum atomic E-state index is 4.32. The van der Waals surface area contributed by atoms with Crippen molar-refractivity contribution in [2.75, 3.05) is 5.32 Å². The summed E-state index contributed by atoms with van der Waals surface area (Å²) in [6.45, 7) is 4.50. The minimum atomic E-state index is 0.572. The molecule has 1 N–H and O–H groups in total. The third kappa shape index (κ3) is 3.03. The van der Waals surface area contributed by atoms with Crippen molar-refractivity contribution in [3.8, 4) is 0 Å². The standard InChI is InChI=1S/C15H23N3/c1-3-5-8-13(7-4-2)17-15-10-6-9-14-16-11-12-18(14)15/h6,9-13,17H,3-5,7-8H2,1-2H3. The number of nitrogens with one attached hydrogen (secondary N) is 1. The van der Waals surface area contributed by atoms with Gasteiger partial charge in [0.05, 0.1) is 0 Å². The van der Waals surface area contributed by atoms with Gasteiger partial charge in [0, 0.05) is 18.4 Å². The zero-order chi connectivity index (χ0) is 12.8. The van der Waals surface area contributed by atoms with Gasteiger partial charge in [-0.15, -0.1) is 0 Å². The van der Waals surface area contributed by atoms with Crippen LogP contribution in [0.4, 0.5) is 5.82 Å². The minimum Gasteiger partial charge on any atom is -0.368 e. The molecule has 18 heavy (non-hydrogen) atoms. The van der Waals surface area contributed by atoms with E-state index in [1.54, 1.807) is 0 Å². The second kappa shape index (κ2) is 6.43. The number of nitrogens with zero attached hydrogens (tertiary/aromatic N) is 2. The molecule has 2 heterocycles. The van der Waals surface area contributed by atoms with Gasteiger partial charge in [-0.25, -0.2) is 4.98 Å². The Hall–Kier alpha value is -1.51. The summed E-state index contributed by atoms with van der Waals surface area (Å²) in [6, 6.07) is 6.80. The molecule has 0 amide bonds. The number of aromatic nitrogens is 2. The van der Waals surface area contributed by atoms with E-state index in [-0.39, 0.29) is 0 Å². The first-order valence-electron chi connectivity index (χ1n) is 7.03. The van der Waals surface area contributed by atoms with E-state index in [0.717, 1.165) is 11.5 Å². The molecule has 0 radical (unpaired) electrons. The molecule has 98 valence electrons. The van der Waals surface area contributed by atoms with Crippen molar-refractivity contribution in [2.45, 2.75) is 52.0 Å². The van der Waals surface area contributed by atoms with Crippen molar-refractivity contribution in [3.05, 3.63) is 30.6 Å². The van der Waals surface area contributed by atoms with Crippen molar-refractivity contribution in [1.82, 2.24) is 9.38 Å². The molecule has 2 rings (SSSR count). The van der Waals surface area contributed by atoms with Crippen LogP contribution in [0, 0.1) is 0 Å². The normalized spacial score (nSPS) is 12.8. The highest BCUT2D eigenvalue weighted by atomic mass is 15.1. The zero-order valence-electron chi connectivity index (χ0n) is 11.4. The highest BCUT2D eigenvalue weighted by Crippen LogP contribution is 2.16. The number of rotatable bonds is 7. The van der Waals surface area contributed by atoms with Gasteiger partial charge < -0.3 is 5.32 Å². The van der Waals surface area contributed by atoms with Crippen molar-refractivity contribution in [2.24, 2.45) is 0 Å². The van der Waals surface area contributed by atoms with Crippen LogP contribution in [0.25, 0.3) is 5.65 Å². The molecule has 0 aromatic carbocycles. The average Bonchev–Trinajstić information content (AvgIpc) is 2.85. The van der Waals surface area contributed by atoms with E-state index >= 15 is 0 Å². The number of imidazole rings is 1. The SMILES string of the molecule is CCCCC(CCC)Nc1cccc2nccn12. The number of hydrogen-bond acceptors (Lipinski definition) is 2. The molecular weight excluding hydrogens is 222 g/mol. The Bertz CT molecular complexity index is 475. The number of anilines is 1. The topological polar surface area (TPSA) is 29.3 Å². The first-order chi connectivity index (χ1) is 8.85. The second-order valence-corrected chi connectivity index (χ2v) is 4.84. The summed E-state index contributed by atoms with van der Waals surface area (Å²) in [5.41, 5.74) is 1.01. The molecule has 3 nitrogen and oxygen atoms in total. The summed E-state index contributed by atoms with van der Waals surface area (Å²) < 4.78 is 2.12. The molecular formula is C15H23N3. The van der Waals surface area contributed by atoms with E-state index < -0.39 is 0 Å². The predicted molar refractivity (Wildman–Crippen MR) is 77.0 cm³/mol. The van der Waals surface area contributed by atoms with Gasteiger partial charge in [-0.2, -0.15) is 0 Å². The van der Waals surface area contributed by atoms with Crippen molar-refractivity contribution in [3.63, 3.8) is 0 Å². The molecule has 0 aliphatic carbocycles. The van der Waals surface area contributed by atoms with Crippen LogP contribution in [0.1, 0.15) is 46.0 Å². The first-order valence-corrected chi connectivity index (χ1v) is 7.03. The summed E-state index contributed by atoms with van der Waals surface area (Å²) in [6.07, 6.45) is 10.1. The van der Waals surface area contributed by atoms with Gasteiger partial charge in [0.25, 0.3) is 0 Å². The van der Waals surface area contributed by atoms with Crippen LogP contribution < -0.4 is 5.32 Å². The first kappa shape index (κ1) is 12.9. The van der Waals surface area contributed by atoms with E-state index in [1.165, 1.54) is 32.1 Å². The Morgan fingerprint density at radius 2 is 2.11 bits per heavy atom. The lowest BCUT2D eigenvalue weighted by Gasteiger charge is -2.20. The Kier molecular flexibility index (Phi) is 4.62. The Morgan fingerprint density at radius 1 is 1.22 bits per heavy atom. The Morgan fingerprint density at radius 3 is 2.89 bits per heavy atom. The van der Waals surface area contributed by atoms with Crippen LogP contribution in [0.2, 0.25) is 0 Å². The van der Waals surface area contributed by atoms with Gasteiger partial charge in [0.1, 0.15) is 11.5 Å². The molecule has 0 bridgehead atoms. The van der Waals surface area contributed by atoms with E-state index in [1.807, 2.05) is 18.5 Å². The lowest BCUT2D eigenvalue weighted by atomic mass is 10.1. The van der Waals surface area contributed by atoms with Crippen LogP contribution in [-0.2, 0) is 0 Å². The molecule has 0 aliphatic heterocycles. The third-order valence-electron chi connectivity index (χ3n) is 3.32. The summed E-state index contributed by atoms with van der Waals surface area (Å²) in [4.78, 5) is 4.32. The molecule has 2 aromatic heterocycles. The quantitative estimate of drug-likeness (QED) is 0.795. The van der Waals surface area contributed by atoms with Gasteiger partial charge in [-0.3, -0.25) is 4.40 Å². The molecule has 3 heteroatoms. The van der Waals surface area contributed by atoms with Gasteiger partial charge in [0.2, 0.25) is 0 Å². The number of hydrogen-bond donors (Lipinski definition) is 1. The summed E-state index contributed by atoms with van der Waals surface area (Å²) in [5.74, 6) is 1.15. The van der Waals surface area contributed by atoms with E-state index in [4.69, 9.17) is 0 Å². The van der Waals surface area contributed by atoms with Gasteiger partial charge >= 0.3 is 0 Å². The van der Waals surface area contributed by atoms with Gasteiger partial charge in [-0.1, -0.05) is 39.2 Å². The molecule has 0 spiro atoms. The van der Waals surface area contributed by atoms with Crippen LogP contribution in [-0.4, -0.2) is 15.4 Å². The summed E-state index contributed by atoms with van der Waals surface area (Å²) >= 11 is 0. The number of pyridine rings is 1. The zero-order valence-corrected chi connectivity index (χ0v) is 11.4. The maximum Gasteiger partial charge on any atom is 0.138 e. The monoisotopic (exact) mass is 245 g/mol. The lowest BCUT2D eigenvalue weighted by molar-refractivity contribution is 0.562. The van der Waals surface area contributed by atoms with E-state index in [2.05, 4.69) is 40.7 Å². The smallest absolute Gasteiger partial charge is 0.138 e. The van der Waals surface area contributed by atoms with Crippen LogP contribution in [0.15, 0.2) is 30.6 Å². The van der Waals surface area contributed by atoms with Crippen molar-refractivity contribution >= 4 is 11.5 Å². The summed E-state index contributed by atoms with van der Waals surface area (Å²) in [7, 11) is 0. The van der Waals surface area contributed by atoms with E-state index in [0.29, 0.717) is 6.04 Å². The largest absolute Gasteiger partial charge is 0.368 e. The highest BCUT2D eigenvalue weighted by Gasteiger charge is 2.08. The fourth-order valence-electron chi connectivity index (χ4n) is 2.36. The third-order valence-corrected chi connectivity index (χ3v) is 3.32. The molecule has 1 unspecified atom stereocenters. The number of unbranched alkanes of at least 4 members (excludes halogenated alkanes) is 1. The fourth-order valence-corrected chi connectivity index (χ4v) is 2.36. The Balaban J connectivity index is 2.12. The van der Waals surface area contributed by atoms with Crippen molar-refractivity contribution in [1.29, 1.82) is 0 Å². The van der Waals surface area contributed by atoms with Crippen LogP contribution in [0.5, 0.6) is 0 Å². The predicted octanol–water partition coefficient (Wildman–Crippen LogP) is 4.11. The van der Waals surface area contributed by atoms with Crippen molar-refractivity contribution < 1.29 is 0 Å². The van der Waals surface area contributed by atoms with Gasteiger partial charge in [0.15, 0.2) is 0 Å². The molecule has 0 fully saturated rings. The number of fused-ring (bicyclic) bond motifs is 1. The van der Waals surface area contributed by atoms with Crippen LogP contribution in [0.3, 0.4) is 0 Å². The van der Waals surface area contributed by atoms with E-state index in [9.17, 15) is 0 Å². The average molecular weight is 245 g/mol.